The van der Waals surface area contributed by atoms with E-state index in [1.54, 1.807) is 19.1 Å². The van der Waals surface area contributed by atoms with Crippen molar-refractivity contribution < 1.29 is 8.42 Å². The number of hydrogen-bond acceptors (Lipinski definition) is 4. The van der Waals surface area contributed by atoms with E-state index in [1.165, 1.54) is 24.3 Å². The van der Waals surface area contributed by atoms with Gasteiger partial charge < -0.3 is 5.73 Å². The first-order valence-corrected chi connectivity index (χ1v) is 7.78. The Hall–Kier alpha value is -2.23. The number of halogens is 1. The van der Waals surface area contributed by atoms with Crippen LogP contribution in [0.25, 0.3) is 0 Å². The van der Waals surface area contributed by atoms with Crippen LogP contribution in [0.15, 0.2) is 41.3 Å². The fraction of sp³-hybridized carbons (Fsp3) is 0.0714. The van der Waals surface area contributed by atoms with Crippen LogP contribution in [0.3, 0.4) is 0 Å². The zero-order chi connectivity index (χ0) is 15.6. The van der Waals surface area contributed by atoms with Gasteiger partial charge in [-0.25, -0.2) is 8.42 Å². The van der Waals surface area contributed by atoms with Gasteiger partial charge in [-0.3, -0.25) is 4.72 Å². The number of nitriles is 1. The normalized spacial score (nSPS) is 10.9. The molecule has 0 saturated heterocycles. The van der Waals surface area contributed by atoms with Gasteiger partial charge in [0.05, 0.1) is 27.2 Å². The minimum Gasteiger partial charge on any atom is -0.399 e. The highest BCUT2D eigenvalue weighted by Gasteiger charge is 2.18. The number of nitrogens with zero attached hydrogens (tertiary/aromatic N) is 1. The third-order valence-electron chi connectivity index (χ3n) is 2.84. The Bertz CT molecular complexity index is 842. The molecule has 0 radical (unpaired) electrons. The molecule has 21 heavy (non-hydrogen) atoms. The lowest BCUT2D eigenvalue weighted by molar-refractivity contribution is 0.600. The average molecular weight is 322 g/mol. The number of nitrogens with two attached hydrogens (primary N) is 1. The van der Waals surface area contributed by atoms with Gasteiger partial charge in [0.25, 0.3) is 10.0 Å². The standard InChI is InChI=1S/C14H12ClN3O2S/c1-9-2-4-11(17)7-14(9)21(19,20)18-13-6-10(8-16)3-5-12(13)15/h2-7,18H,17H2,1H3. The molecule has 0 fully saturated rings. The second-order valence-electron chi connectivity index (χ2n) is 4.44. The van der Waals surface area contributed by atoms with E-state index in [9.17, 15) is 8.42 Å². The number of aryl methyl sites for hydroxylation is 1. The second-order valence-corrected chi connectivity index (χ2v) is 6.49. The molecule has 0 aromatic heterocycles. The highest BCUT2D eigenvalue weighted by molar-refractivity contribution is 7.92. The summed E-state index contributed by atoms with van der Waals surface area (Å²) >= 11 is 5.96. The number of nitrogen functional groups attached to an aromatic ring is 1. The fourth-order valence-corrected chi connectivity index (χ4v) is 3.35. The summed E-state index contributed by atoms with van der Waals surface area (Å²) < 4.78 is 27.2. The van der Waals surface area contributed by atoms with E-state index in [1.807, 2.05) is 6.07 Å². The van der Waals surface area contributed by atoms with E-state index in [-0.39, 0.29) is 15.6 Å². The van der Waals surface area contributed by atoms with Crippen LogP contribution in [0.1, 0.15) is 11.1 Å². The maximum Gasteiger partial charge on any atom is 0.262 e. The summed E-state index contributed by atoms with van der Waals surface area (Å²) in [6, 6.07) is 10.9. The Balaban J connectivity index is 2.47. The van der Waals surface area contributed by atoms with E-state index >= 15 is 0 Å². The van der Waals surface area contributed by atoms with Gasteiger partial charge in [-0.15, -0.1) is 0 Å². The van der Waals surface area contributed by atoms with Crippen molar-refractivity contribution in [1.82, 2.24) is 0 Å². The Morgan fingerprint density at radius 3 is 2.62 bits per heavy atom. The highest BCUT2D eigenvalue weighted by atomic mass is 35.5. The maximum absolute atomic E-state index is 12.4. The van der Waals surface area contributed by atoms with E-state index in [2.05, 4.69) is 4.72 Å². The summed E-state index contributed by atoms with van der Waals surface area (Å²) in [4.78, 5) is 0.0703. The molecule has 5 nitrogen and oxygen atoms in total. The smallest absolute Gasteiger partial charge is 0.262 e. The Morgan fingerprint density at radius 1 is 1.24 bits per heavy atom. The molecule has 2 aromatic carbocycles. The molecule has 108 valence electrons. The minimum atomic E-state index is -3.84. The van der Waals surface area contributed by atoms with Crippen molar-refractivity contribution in [3.8, 4) is 6.07 Å². The SMILES string of the molecule is Cc1ccc(N)cc1S(=O)(=O)Nc1cc(C#N)ccc1Cl. The Morgan fingerprint density at radius 2 is 1.95 bits per heavy atom. The minimum absolute atomic E-state index is 0.0703. The van der Waals surface area contributed by atoms with Crippen molar-refractivity contribution in [3.05, 3.63) is 52.5 Å². The van der Waals surface area contributed by atoms with Gasteiger partial charge in [0.2, 0.25) is 0 Å². The first kappa shape index (κ1) is 15.2. The molecule has 0 aliphatic carbocycles. The summed E-state index contributed by atoms with van der Waals surface area (Å²) in [6.45, 7) is 1.67. The third-order valence-corrected chi connectivity index (χ3v) is 4.68. The summed E-state index contributed by atoms with van der Waals surface area (Å²) in [5, 5.41) is 9.07. The van der Waals surface area contributed by atoms with Gasteiger partial charge in [0, 0.05) is 5.69 Å². The lowest BCUT2D eigenvalue weighted by Gasteiger charge is -2.12. The van der Waals surface area contributed by atoms with Crippen LogP contribution in [0.4, 0.5) is 11.4 Å². The quantitative estimate of drug-likeness (QED) is 0.849. The number of hydrogen-bond donors (Lipinski definition) is 2. The molecular formula is C14H12ClN3O2S. The van der Waals surface area contributed by atoms with E-state index in [0.717, 1.165) is 0 Å². The molecule has 2 rings (SSSR count). The zero-order valence-corrected chi connectivity index (χ0v) is 12.7. The fourth-order valence-electron chi connectivity index (χ4n) is 1.78. The van der Waals surface area contributed by atoms with E-state index in [0.29, 0.717) is 16.8 Å². The average Bonchev–Trinajstić information content (AvgIpc) is 2.43. The van der Waals surface area contributed by atoms with Gasteiger partial charge in [0.1, 0.15) is 0 Å². The van der Waals surface area contributed by atoms with Crippen LogP contribution >= 0.6 is 11.6 Å². The molecule has 0 amide bonds. The summed E-state index contributed by atoms with van der Waals surface area (Å²) in [6.07, 6.45) is 0. The van der Waals surface area contributed by atoms with Gasteiger partial charge in [-0.1, -0.05) is 17.7 Å². The van der Waals surface area contributed by atoms with Gasteiger partial charge in [-0.05, 0) is 42.8 Å². The number of rotatable bonds is 3. The molecule has 0 heterocycles. The van der Waals surface area contributed by atoms with Crippen molar-refractivity contribution in [2.45, 2.75) is 11.8 Å². The molecule has 0 unspecified atom stereocenters. The van der Waals surface area contributed by atoms with Crippen LogP contribution in [0.5, 0.6) is 0 Å². The van der Waals surface area contributed by atoms with Crippen molar-refractivity contribution >= 4 is 33.0 Å². The van der Waals surface area contributed by atoms with Gasteiger partial charge in [0.15, 0.2) is 0 Å². The van der Waals surface area contributed by atoms with E-state index in [4.69, 9.17) is 22.6 Å². The van der Waals surface area contributed by atoms with Crippen LogP contribution in [-0.2, 0) is 10.0 Å². The third kappa shape index (κ3) is 3.27. The van der Waals surface area contributed by atoms with Crippen molar-refractivity contribution in [2.24, 2.45) is 0 Å². The monoisotopic (exact) mass is 321 g/mol. The lowest BCUT2D eigenvalue weighted by atomic mass is 10.2. The summed E-state index contributed by atoms with van der Waals surface area (Å²) in [5.41, 5.74) is 6.99. The summed E-state index contributed by atoms with van der Waals surface area (Å²) in [7, 11) is -3.84. The number of sulfonamides is 1. The largest absolute Gasteiger partial charge is 0.399 e. The van der Waals surface area contributed by atoms with Crippen LogP contribution < -0.4 is 10.5 Å². The molecule has 0 spiro atoms. The Kier molecular flexibility index (Phi) is 4.07. The summed E-state index contributed by atoms with van der Waals surface area (Å²) in [5.74, 6) is 0. The first-order chi connectivity index (χ1) is 9.83. The molecule has 0 aliphatic heterocycles. The van der Waals surface area contributed by atoms with Crippen LogP contribution in [0, 0.1) is 18.3 Å². The van der Waals surface area contributed by atoms with Gasteiger partial charge >= 0.3 is 0 Å². The molecule has 3 N–H and O–H groups in total. The van der Waals surface area contributed by atoms with Crippen LogP contribution in [0.2, 0.25) is 5.02 Å². The number of anilines is 2. The van der Waals surface area contributed by atoms with E-state index < -0.39 is 10.0 Å². The topological polar surface area (TPSA) is 96.0 Å². The number of benzene rings is 2. The molecule has 7 heteroatoms. The number of nitrogens with one attached hydrogen (secondary N) is 1. The highest BCUT2D eigenvalue weighted by Crippen LogP contribution is 2.27. The first-order valence-electron chi connectivity index (χ1n) is 5.92. The zero-order valence-electron chi connectivity index (χ0n) is 11.1. The molecule has 0 bridgehead atoms. The molecule has 2 aromatic rings. The van der Waals surface area contributed by atoms with Crippen LogP contribution in [-0.4, -0.2) is 8.42 Å². The lowest BCUT2D eigenvalue weighted by Crippen LogP contribution is -2.15. The molecule has 0 saturated carbocycles. The van der Waals surface area contributed by atoms with Crippen molar-refractivity contribution in [3.63, 3.8) is 0 Å². The van der Waals surface area contributed by atoms with Gasteiger partial charge in [-0.2, -0.15) is 5.26 Å². The van der Waals surface area contributed by atoms with Crippen molar-refractivity contribution in [2.75, 3.05) is 10.5 Å². The van der Waals surface area contributed by atoms with Crippen molar-refractivity contribution in [1.29, 1.82) is 5.26 Å². The maximum atomic E-state index is 12.4. The predicted molar refractivity (Wildman–Crippen MR) is 82.6 cm³/mol. The predicted octanol–water partition coefficient (Wildman–Crippen LogP) is 2.90. The molecule has 0 aliphatic rings. The Labute approximate surface area is 128 Å². The molecule has 0 atom stereocenters. The molecular weight excluding hydrogens is 310 g/mol. The second kappa shape index (κ2) is 5.64.